The number of benzene rings is 1. The maximum atomic E-state index is 6.00. The summed E-state index contributed by atoms with van der Waals surface area (Å²) < 4.78 is 0. The maximum absolute atomic E-state index is 6.00. The summed E-state index contributed by atoms with van der Waals surface area (Å²) in [5, 5.41) is 4.64. The van der Waals surface area contributed by atoms with E-state index in [1.165, 1.54) is 44.3 Å². The van der Waals surface area contributed by atoms with E-state index in [1.807, 2.05) is 12.1 Å². The van der Waals surface area contributed by atoms with Crippen LogP contribution in [0.15, 0.2) is 24.3 Å². The second-order valence-corrected chi connectivity index (χ2v) is 6.80. The van der Waals surface area contributed by atoms with Crippen molar-refractivity contribution in [3.05, 3.63) is 34.9 Å². The van der Waals surface area contributed by atoms with E-state index in [1.54, 1.807) is 0 Å². The molecule has 1 aliphatic heterocycles. The lowest BCUT2D eigenvalue weighted by Crippen LogP contribution is -2.40. The van der Waals surface area contributed by atoms with Gasteiger partial charge < -0.3 is 5.32 Å². The summed E-state index contributed by atoms with van der Waals surface area (Å²) in [4.78, 5) is 2.61. The van der Waals surface area contributed by atoms with Crippen LogP contribution in [-0.2, 0) is 0 Å². The van der Waals surface area contributed by atoms with Crippen molar-refractivity contribution >= 4 is 11.6 Å². The van der Waals surface area contributed by atoms with E-state index in [0.717, 1.165) is 17.5 Å². The van der Waals surface area contributed by atoms with Crippen molar-refractivity contribution in [2.75, 3.05) is 19.6 Å². The molecule has 1 aliphatic carbocycles. The van der Waals surface area contributed by atoms with Crippen molar-refractivity contribution in [2.45, 2.75) is 44.7 Å². The molecular formula is C17H25ClN2. The fraction of sp³-hybridized carbons (Fsp3) is 0.647. The minimum absolute atomic E-state index is 0.511. The van der Waals surface area contributed by atoms with Gasteiger partial charge in [0.15, 0.2) is 0 Å². The molecule has 20 heavy (non-hydrogen) atoms. The Kier molecular flexibility index (Phi) is 4.65. The van der Waals surface area contributed by atoms with Crippen molar-refractivity contribution in [3.63, 3.8) is 0 Å². The zero-order valence-corrected chi connectivity index (χ0v) is 13.1. The fourth-order valence-corrected chi connectivity index (χ4v) is 3.39. The average Bonchev–Trinajstić information content (AvgIpc) is 3.14. The molecule has 1 saturated heterocycles. The lowest BCUT2D eigenvalue weighted by atomic mass is 10.0. The first-order valence-electron chi connectivity index (χ1n) is 7.97. The highest BCUT2D eigenvalue weighted by molar-refractivity contribution is 6.30. The Morgan fingerprint density at radius 3 is 2.45 bits per heavy atom. The maximum Gasteiger partial charge on any atom is 0.0406 e. The van der Waals surface area contributed by atoms with E-state index < -0.39 is 0 Å². The number of nitrogens with zero attached hydrogens (tertiary/aromatic N) is 1. The van der Waals surface area contributed by atoms with Crippen molar-refractivity contribution < 1.29 is 0 Å². The Hall–Kier alpha value is -0.570. The summed E-state index contributed by atoms with van der Waals surface area (Å²) in [7, 11) is 0. The van der Waals surface area contributed by atoms with Crippen LogP contribution >= 0.6 is 11.6 Å². The second kappa shape index (κ2) is 6.46. The summed E-state index contributed by atoms with van der Waals surface area (Å²) in [6, 6.07) is 9.54. The molecule has 0 spiro atoms. The number of hydrogen-bond donors (Lipinski definition) is 1. The van der Waals surface area contributed by atoms with E-state index in [2.05, 4.69) is 29.3 Å². The molecule has 2 fully saturated rings. The Labute approximate surface area is 127 Å². The largest absolute Gasteiger partial charge is 0.308 e. The SMILES string of the molecule is CC(CNC(c1ccc(Cl)cc1)C1CC1)N1CCCC1. The molecule has 2 atom stereocenters. The molecule has 2 nitrogen and oxygen atoms in total. The third kappa shape index (κ3) is 3.55. The van der Waals surface area contributed by atoms with Crippen molar-refractivity contribution in [3.8, 4) is 0 Å². The van der Waals surface area contributed by atoms with Crippen molar-refractivity contribution in [2.24, 2.45) is 5.92 Å². The van der Waals surface area contributed by atoms with Crippen LogP contribution in [0.1, 0.15) is 44.2 Å². The smallest absolute Gasteiger partial charge is 0.0406 e. The van der Waals surface area contributed by atoms with Crippen LogP contribution in [0.4, 0.5) is 0 Å². The molecule has 2 unspecified atom stereocenters. The summed E-state index contributed by atoms with van der Waals surface area (Å²) in [5.41, 5.74) is 1.39. The summed E-state index contributed by atoms with van der Waals surface area (Å²) in [6.45, 7) is 5.99. The summed E-state index contributed by atoms with van der Waals surface area (Å²) in [5.74, 6) is 0.821. The first-order chi connectivity index (χ1) is 9.74. The van der Waals surface area contributed by atoms with E-state index in [-0.39, 0.29) is 0 Å². The Morgan fingerprint density at radius 1 is 1.20 bits per heavy atom. The molecule has 110 valence electrons. The van der Waals surface area contributed by atoms with Gasteiger partial charge in [0.1, 0.15) is 0 Å². The monoisotopic (exact) mass is 292 g/mol. The van der Waals surface area contributed by atoms with Crippen LogP contribution < -0.4 is 5.32 Å². The number of rotatable bonds is 6. The molecular weight excluding hydrogens is 268 g/mol. The van der Waals surface area contributed by atoms with Gasteiger partial charge in [-0.1, -0.05) is 23.7 Å². The highest BCUT2D eigenvalue weighted by Crippen LogP contribution is 2.41. The van der Waals surface area contributed by atoms with Crippen molar-refractivity contribution in [1.29, 1.82) is 0 Å². The standard InChI is InChI=1S/C17H25ClN2/c1-13(20-10-2-3-11-20)12-19-17(14-4-5-14)15-6-8-16(18)9-7-15/h6-9,13-14,17,19H,2-5,10-12H2,1H3. The molecule has 2 aliphatic rings. The number of hydrogen-bond acceptors (Lipinski definition) is 2. The minimum Gasteiger partial charge on any atom is -0.308 e. The third-order valence-electron chi connectivity index (χ3n) is 4.72. The van der Waals surface area contributed by atoms with Gasteiger partial charge in [-0.25, -0.2) is 0 Å². The predicted octanol–water partition coefficient (Wildman–Crippen LogP) is 3.87. The van der Waals surface area contributed by atoms with Crippen LogP contribution in [0.25, 0.3) is 0 Å². The normalized spacial score (nSPS) is 22.9. The Balaban J connectivity index is 1.58. The van der Waals surface area contributed by atoms with Crippen molar-refractivity contribution in [1.82, 2.24) is 10.2 Å². The first kappa shape index (κ1) is 14.4. The van der Waals surface area contributed by atoms with Gasteiger partial charge in [-0.15, -0.1) is 0 Å². The molecule has 0 bridgehead atoms. The van der Waals surface area contributed by atoms with Crippen LogP contribution in [0.3, 0.4) is 0 Å². The first-order valence-corrected chi connectivity index (χ1v) is 8.35. The van der Waals surface area contributed by atoms with Gasteiger partial charge in [0.25, 0.3) is 0 Å². The number of likely N-dealkylation sites (tertiary alicyclic amines) is 1. The van der Waals surface area contributed by atoms with E-state index in [0.29, 0.717) is 12.1 Å². The van der Waals surface area contributed by atoms with Crippen LogP contribution in [0.2, 0.25) is 5.02 Å². The number of nitrogens with one attached hydrogen (secondary N) is 1. The van der Waals surface area contributed by atoms with Gasteiger partial charge in [0.05, 0.1) is 0 Å². The van der Waals surface area contributed by atoms with E-state index in [4.69, 9.17) is 11.6 Å². The second-order valence-electron chi connectivity index (χ2n) is 6.37. The molecule has 3 heteroatoms. The number of halogens is 1. The molecule has 0 amide bonds. The van der Waals surface area contributed by atoms with Gasteiger partial charge in [-0.2, -0.15) is 0 Å². The van der Waals surface area contributed by atoms with Crippen LogP contribution in [-0.4, -0.2) is 30.6 Å². The Bertz CT molecular complexity index is 421. The minimum atomic E-state index is 0.511. The van der Waals surface area contributed by atoms with Gasteiger partial charge >= 0.3 is 0 Å². The van der Waals surface area contributed by atoms with Gasteiger partial charge in [0.2, 0.25) is 0 Å². The quantitative estimate of drug-likeness (QED) is 0.856. The molecule has 1 saturated carbocycles. The zero-order chi connectivity index (χ0) is 13.9. The highest BCUT2D eigenvalue weighted by atomic mass is 35.5. The Morgan fingerprint density at radius 2 is 1.85 bits per heavy atom. The highest BCUT2D eigenvalue weighted by Gasteiger charge is 2.32. The van der Waals surface area contributed by atoms with Gasteiger partial charge in [-0.05, 0) is 69.3 Å². The third-order valence-corrected chi connectivity index (χ3v) is 4.97. The molecule has 1 heterocycles. The van der Waals surface area contributed by atoms with Gasteiger partial charge in [0, 0.05) is 23.7 Å². The zero-order valence-electron chi connectivity index (χ0n) is 12.3. The van der Waals surface area contributed by atoms with Crippen LogP contribution in [0, 0.1) is 5.92 Å². The predicted molar refractivity (Wildman–Crippen MR) is 85.2 cm³/mol. The molecule has 1 N–H and O–H groups in total. The average molecular weight is 293 g/mol. The molecule has 3 rings (SSSR count). The fourth-order valence-electron chi connectivity index (χ4n) is 3.27. The topological polar surface area (TPSA) is 15.3 Å². The van der Waals surface area contributed by atoms with E-state index in [9.17, 15) is 0 Å². The summed E-state index contributed by atoms with van der Waals surface area (Å²) in [6.07, 6.45) is 5.46. The molecule has 1 aromatic carbocycles. The van der Waals surface area contributed by atoms with Crippen LogP contribution in [0.5, 0.6) is 0 Å². The van der Waals surface area contributed by atoms with E-state index >= 15 is 0 Å². The lowest BCUT2D eigenvalue weighted by molar-refractivity contribution is 0.243. The van der Waals surface area contributed by atoms with Gasteiger partial charge in [-0.3, -0.25) is 4.90 Å². The lowest BCUT2D eigenvalue weighted by Gasteiger charge is -2.27. The summed E-state index contributed by atoms with van der Waals surface area (Å²) >= 11 is 6.00. The molecule has 0 aromatic heterocycles. The molecule has 1 aromatic rings. The molecule has 0 radical (unpaired) electrons.